The Morgan fingerprint density at radius 2 is 1.22 bits per heavy atom. The molecule has 0 aliphatic carbocycles. The van der Waals surface area contributed by atoms with Gasteiger partial charge in [-0.15, -0.1) is 0 Å². The summed E-state index contributed by atoms with van der Waals surface area (Å²) in [6.07, 6.45) is 14.9. The fourth-order valence-electron chi connectivity index (χ4n) is 3.03. The molecule has 0 aliphatic rings. The van der Waals surface area contributed by atoms with Crippen LogP contribution in [0.4, 0.5) is 0 Å². The van der Waals surface area contributed by atoms with Crippen molar-refractivity contribution in [2.75, 3.05) is 31.8 Å². The Morgan fingerprint density at radius 3 is 1.50 bits per heavy atom. The molecule has 0 bridgehead atoms. The molecule has 2 heteroatoms. The van der Waals surface area contributed by atoms with E-state index in [1.807, 2.05) is 7.11 Å². The molecule has 0 saturated carbocycles. The quantitative estimate of drug-likeness (QED) is 0.447. The maximum atomic E-state index is 5.58. The summed E-state index contributed by atoms with van der Waals surface area (Å²) in [6, 6.07) is 0. The van der Waals surface area contributed by atoms with Crippen molar-refractivity contribution in [3.63, 3.8) is 0 Å². The van der Waals surface area contributed by atoms with Crippen LogP contribution < -0.4 is 0 Å². The third kappa shape index (κ3) is 7.74. The Hall–Kier alpha value is 0.390. The Bertz CT molecular complexity index is 160. The van der Waals surface area contributed by atoms with Gasteiger partial charge in [0.25, 0.3) is 0 Å². The minimum absolute atomic E-state index is 0.474. The summed E-state index contributed by atoms with van der Waals surface area (Å²) in [5.41, 5.74) is 0. The van der Waals surface area contributed by atoms with Gasteiger partial charge in [0, 0.05) is 0 Å². The van der Waals surface area contributed by atoms with Crippen molar-refractivity contribution in [1.29, 1.82) is 0 Å². The van der Waals surface area contributed by atoms with Crippen molar-refractivity contribution in [3.05, 3.63) is 0 Å². The molecule has 1 nitrogen and oxygen atoms in total. The average Bonchev–Trinajstić information content (AvgIpc) is 2.40. The van der Waals surface area contributed by atoms with Crippen molar-refractivity contribution < 1.29 is 4.74 Å². The molecule has 0 rings (SSSR count). The van der Waals surface area contributed by atoms with Crippen LogP contribution in [0.15, 0.2) is 0 Å². The minimum atomic E-state index is -1.07. The Balaban J connectivity index is 4.61. The van der Waals surface area contributed by atoms with E-state index < -0.39 is 7.26 Å². The first-order chi connectivity index (χ1) is 8.64. The summed E-state index contributed by atoms with van der Waals surface area (Å²) in [5.74, 6) is 0. The molecule has 0 radical (unpaired) electrons. The summed E-state index contributed by atoms with van der Waals surface area (Å²) >= 11 is 0. The molecule has 18 heavy (non-hydrogen) atoms. The van der Waals surface area contributed by atoms with E-state index in [2.05, 4.69) is 27.7 Å². The van der Waals surface area contributed by atoms with Gasteiger partial charge in [-0.25, -0.2) is 0 Å². The Kier molecular flexibility index (Phi) is 11.5. The van der Waals surface area contributed by atoms with Crippen LogP contribution in [0.25, 0.3) is 0 Å². The first kappa shape index (κ1) is 18.4. The van der Waals surface area contributed by atoms with E-state index in [-0.39, 0.29) is 0 Å². The third-order valence-electron chi connectivity index (χ3n) is 4.30. The van der Waals surface area contributed by atoms with Crippen molar-refractivity contribution in [2.24, 2.45) is 0 Å². The normalized spacial score (nSPS) is 14.7. The second kappa shape index (κ2) is 11.2. The van der Waals surface area contributed by atoms with Crippen molar-refractivity contribution >= 4 is 7.26 Å². The molecule has 0 heterocycles. The van der Waals surface area contributed by atoms with Crippen molar-refractivity contribution in [2.45, 2.75) is 72.3 Å². The molecule has 0 aliphatic heterocycles. The van der Waals surface area contributed by atoms with E-state index in [0.717, 1.165) is 0 Å². The topological polar surface area (TPSA) is 9.23 Å². The molecule has 112 valence electrons. The molecule has 0 aromatic carbocycles. The molecule has 1 atom stereocenters. The number of hydrogen-bond donors (Lipinski definition) is 0. The van der Waals surface area contributed by atoms with Crippen LogP contribution in [-0.2, 0) is 4.74 Å². The zero-order valence-electron chi connectivity index (χ0n) is 13.6. The van der Waals surface area contributed by atoms with Gasteiger partial charge in [0.2, 0.25) is 0 Å². The molecule has 0 aromatic heterocycles. The van der Waals surface area contributed by atoms with Gasteiger partial charge in [-0.05, 0) is 0 Å². The molecule has 0 aromatic rings. The maximum absolute atomic E-state index is 5.58. The van der Waals surface area contributed by atoms with Crippen molar-refractivity contribution in [3.8, 4) is 0 Å². The third-order valence-corrected chi connectivity index (χ3v) is 9.99. The van der Waals surface area contributed by atoms with E-state index in [0.29, 0.717) is 6.10 Å². The first-order valence-corrected chi connectivity index (χ1v) is 11.0. The summed E-state index contributed by atoms with van der Waals surface area (Å²) in [6.45, 7) is 9.27. The molecular weight excluding hydrogens is 239 g/mol. The zero-order chi connectivity index (χ0) is 13.9. The Morgan fingerprint density at radius 1 is 0.833 bits per heavy atom. The summed E-state index contributed by atoms with van der Waals surface area (Å²) in [4.78, 5) is 0. The number of methoxy groups -OCH3 is 1. The molecule has 0 fully saturated rings. The average molecular weight is 276 g/mol. The van der Waals surface area contributed by atoms with E-state index in [1.54, 1.807) is 0 Å². The SMILES string of the molecule is CCCC[PH](CCCC)(CCCC)CC(C)OC. The monoisotopic (exact) mass is 276 g/mol. The number of rotatable bonds is 12. The number of ether oxygens (including phenoxy) is 1. The van der Waals surface area contributed by atoms with E-state index in [9.17, 15) is 0 Å². The van der Waals surface area contributed by atoms with Gasteiger partial charge in [-0.1, -0.05) is 0 Å². The first-order valence-electron chi connectivity index (χ1n) is 8.17. The predicted molar refractivity (Wildman–Crippen MR) is 89.0 cm³/mol. The summed E-state index contributed by atoms with van der Waals surface area (Å²) in [5, 5.41) is 0. The number of unbranched alkanes of at least 4 members (excludes halogenated alkanes) is 3. The second-order valence-electron chi connectivity index (χ2n) is 6.06. The van der Waals surface area contributed by atoms with Crippen LogP contribution in [0.3, 0.4) is 0 Å². The van der Waals surface area contributed by atoms with E-state index in [1.165, 1.54) is 63.2 Å². The van der Waals surface area contributed by atoms with Crippen molar-refractivity contribution in [1.82, 2.24) is 0 Å². The van der Waals surface area contributed by atoms with E-state index >= 15 is 0 Å². The molecule has 0 spiro atoms. The molecule has 0 N–H and O–H groups in total. The van der Waals surface area contributed by atoms with Crippen LogP contribution in [0, 0.1) is 0 Å². The Labute approximate surface area is 116 Å². The summed E-state index contributed by atoms with van der Waals surface area (Å²) in [7, 11) is 0.811. The molecule has 0 saturated heterocycles. The van der Waals surface area contributed by atoms with Crippen LogP contribution in [0.1, 0.15) is 66.2 Å². The van der Waals surface area contributed by atoms with Crippen LogP contribution >= 0.6 is 7.26 Å². The van der Waals surface area contributed by atoms with Gasteiger partial charge in [-0.3, -0.25) is 0 Å². The van der Waals surface area contributed by atoms with Gasteiger partial charge in [0.1, 0.15) is 0 Å². The van der Waals surface area contributed by atoms with Crippen LogP contribution in [0.2, 0.25) is 0 Å². The van der Waals surface area contributed by atoms with Gasteiger partial charge >= 0.3 is 116 Å². The second-order valence-corrected chi connectivity index (χ2v) is 11.0. The van der Waals surface area contributed by atoms with Gasteiger partial charge in [-0.2, -0.15) is 0 Å². The fraction of sp³-hybridized carbons (Fsp3) is 1.00. The molecule has 1 unspecified atom stereocenters. The van der Waals surface area contributed by atoms with Gasteiger partial charge < -0.3 is 0 Å². The predicted octanol–water partition coefficient (Wildman–Crippen LogP) is 5.17. The summed E-state index contributed by atoms with van der Waals surface area (Å²) < 4.78 is 5.58. The molecule has 0 amide bonds. The van der Waals surface area contributed by atoms with Gasteiger partial charge in [0.15, 0.2) is 0 Å². The van der Waals surface area contributed by atoms with Crippen LogP contribution in [-0.4, -0.2) is 37.9 Å². The number of hydrogen-bond acceptors (Lipinski definition) is 1. The van der Waals surface area contributed by atoms with Gasteiger partial charge in [0.05, 0.1) is 0 Å². The van der Waals surface area contributed by atoms with Crippen LogP contribution in [0.5, 0.6) is 0 Å². The fourth-order valence-corrected chi connectivity index (χ4v) is 9.09. The zero-order valence-corrected chi connectivity index (χ0v) is 14.6. The van der Waals surface area contributed by atoms with E-state index in [4.69, 9.17) is 4.74 Å². The molecular formula is C16H37OP. The standard InChI is InChI=1S/C16H37OP/c1-6-9-12-18(13-10-7-2,14-11-8-3)15-16(4)17-5/h16,18H,6-15H2,1-5H3.